The molecule has 0 saturated heterocycles. The number of anilines is 1. The Morgan fingerprint density at radius 3 is 2.76 bits per heavy atom. The molecule has 1 unspecified atom stereocenters. The third-order valence-electron chi connectivity index (χ3n) is 3.53. The molecule has 9 heteroatoms. The zero-order valence-corrected chi connectivity index (χ0v) is 14.1. The first kappa shape index (κ1) is 18.9. The molecule has 0 aliphatic carbocycles. The molecule has 2 aromatic rings. The van der Waals surface area contributed by atoms with Crippen LogP contribution in [0.25, 0.3) is 5.69 Å². The molecule has 1 aromatic carbocycles. The van der Waals surface area contributed by atoms with E-state index in [2.05, 4.69) is 10.4 Å². The molecule has 2 rings (SSSR count). The number of unbranched alkanes of at least 4 members (excludes halogenated alkanes) is 1. The number of carboxylic acid groups (broad SMARTS) is 1. The van der Waals surface area contributed by atoms with Gasteiger partial charge in [0.15, 0.2) is 5.82 Å². The number of hydrogen-bond acceptors (Lipinski definition) is 4. The van der Waals surface area contributed by atoms with E-state index < -0.39 is 29.2 Å². The van der Waals surface area contributed by atoms with Crippen molar-refractivity contribution in [2.75, 3.05) is 5.32 Å². The van der Waals surface area contributed by atoms with Crippen LogP contribution < -0.4 is 10.9 Å². The van der Waals surface area contributed by atoms with E-state index >= 15 is 0 Å². The number of nitrogens with one attached hydrogen (secondary N) is 1. The predicted octanol–water partition coefficient (Wildman–Crippen LogP) is 3.22. The SMILES string of the molecule is CCCCC(Nc1cnn(-c2ccc(F)cc2F)c(=O)c1Cl)C(=O)O. The van der Waals surface area contributed by atoms with Crippen LogP contribution in [0, 0.1) is 11.6 Å². The summed E-state index contributed by atoms with van der Waals surface area (Å²) in [5.41, 5.74) is -1.08. The Hall–Kier alpha value is -2.48. The van der Waals surface area contributed by atoms with Crippen LogP contribution in [-0.2, 0) is 4.79 Å². The zero-order valence-electron chi connectivity index (χ0n) is 13.3. The molecule has 1 aromatic heterocycles. The molecule has 0 amide bonds. The molecule has 134 valence electrons. The summed E-state index contributed by atoms with van der Waals surface area (Å²) in [6, 6.07) is 1.73. The molecular formula is C16H16ClF2N3O3. The molecule has 0 spiro atoms. The van der Waals surface area contributed by atoms with Crippen LogP contribution in [0.5, 0.6) is 0 Å². The van der Waals surface area contributed by atoms with Gasteiger partial charge in [-0.1, -0.05) is 31.4 Å². The molecule has 0 aliphatic heterocycles. The molecule has 6 nitrogen and oxygen atoms in total. The highest BCUT2D eigenvalue weighted by molar-refractivity contribution is 6.33. The van der Waals surface area contributed by atoms with E-state index in [1.165, 1.54) is 0 Å². The number of carbonyl (C=O) groups is 1. The second kappa shape index (κ2) is 8.06. The highest BCUT2D eigenvalue weighted by atomic mass is 35.5. The van der Waals surface area contributed by atoms with Crippen molar-refractivity contribution in [3.05, 3.63) is 51.4 Å². The monoisotopic (exact) mass is 371 g/mol. The molecule has 0 fully saturated rings. The number of halogens is 3. The van der Waals surface area contributed by atoms with E-state index in [0.29, 0.717) is 23.6 Å². The Morgan fingerprint density at radius 2 is 2.16 bits per heavy atom. The first-order valence-electron chi connectivity index (χ1n) is 7.57. The third-order valence-corrected chi connectivity index (χ3v) is 3.90. The van der Waals surface area contributed by atoms with Gasteiger partial charge >= 0.3 is 5.97 Å². The minimum atomic E-state index is -1.08. The minimum absolute atomic E-state index is 0.0361. The molecule has 0 radical (unpaired) electrons. The summed E-state index contributed by atoms with van der Waals surface area (Å²) >= 11 is 5.99. The van der Waals surface area contributed by atoms with Gasteiger partial charge in [-0.3, -0.25) is 4.79 Å². The number of carboxylic acids is 1. The summed E-state index contributed by atoms with van der Waals surface area (Å²) in [7, 11) is 0. The van der Waals surface area contributed by atoms with Gasteiger partial charge < -0.3 is 10.4 Å². The average molecular weight is 372 g/mol. The van der Waals surface area contributed by atoms with Crippen LogP contribution in [0.15, 0.2) is 29.2 Å². The number of hydrogen-bond donors (Lipinski definition) is 2. The number of aromatic nitrogens is 2. The van der Waals surface area contributed by atoms with Gasteiger partial charge in [0.05, 0.1) is 11.9 Å². The fourth-order valence-electron chi connectivity index (χ4n) is 2.21. The minimum Gasteiger partial charge on any atom is -0.480 e. The lowest BCUT2D eigenvalue weighted by molar-refractivity contribution is -0.138. The zero-order chi connectivity index (χ0) is 18.6. The first-order chi connectivity index (χ1) is 11.8. The van der Waals surface area contributed by atoms with Crippen molar-refractivity contribution in [2.45, 2.75) is 32.2 Å². The van der Waals surface area contributed by atoms with E-state index in [4.69, 9.17) is 11.6 Å². The van der Waals surface area contributed by atoms with Gasteiger partial charge in [-0.2, -0.15) is 9.78 Å². The van der Waals surface area contributed by atoms with Crippen molar-refractivity contribution < 1.29 is 18.7 Å². The van der Waals surface area contributed by atoms with Gasteiger partial charge in [0, 0.05) is 6.07 Å². The maximum Gasteiger partial charge on any atom is 0.326 e. The highest BCUT2D eigenvalue weighted by Gasteiger charge is 2.20. The van der Waals surface area contributed by atoms with Crippen molar-refractivity contribution in [1.82, 2.24) is 9.78 Å². The van der Waals surface area contributed by atoms with Crippen LogP contribution in [0.4, 0.5) is 14.5 Å². The van der Waals surface area contributed by atoms with E-state index in [0.717, 1.165) is 24.8 Å². The Labute approximate surface area is 147 Å². The molecule has 25 heavy (non-hydrogen) atoms. The van der Waals surface area contributed by atoms with Gasteiger partial charge in [0.25, 0.3) is 5.56 Å². The number of benzene rings is 1. The summed E-state index contributed by atoms with van der Waals surface area (Å²) in [5, 5.41) is 15.3. The lowest BCUT2D eigenvalue weighted by Gasteiger charge is -2.16. The van der Waals surface area contributed by atoms with Crippen molar-refractivity contribution in [1.29, 1.82) is 0 Å². The molecular weight excluding hydrogens is 356 g/mol. The molecule has 1 heterocycles. The number of aliphatic carboxylic acids is 1. The summed E-state index contributed by atoms with van der Waals surface area (Å²) in [6.07, 6.45) is 2.96. The van der Waals surface area contributed by atoms with Crippen molar-refractivity contribution in [3.63, 3.8) is 0 Å². The lowest BCUT2D eigenvalue weighted by Crippen LogP contribution is -2.31. The van der Waals surface area contributed by atoms with Crippen molar-refractivity contribution in [3.8, 4) is 5.69 Å². The Morgan fingerprint density at radius 1 is 1.44 bits per heavy atom. The van der Waals surface area contributed by atoms with Crippen LogP contribution >= 0.6 is 11.6 Å². The second-order valence-electron chi connectivity index (χ2n) is 5.36. The molecule has 1 atom stereocenters. The van der Waals surface area contributed by atoms with Gasteiger partial charge in [0.1, 0.15) is 22.6 Å². The van der Waals surface area contributed by atoms with Gasteiger partial charge in [-0.05, 0) is 18.6 Å². The van der Waals surface area contributed by atoms with Crippen LogP contribution in [0.2, 0.25) is 5.02 Å². The Balaban J connectivity index is 2.37. The van der Waals surface area contributed by atoms with Crippen LogP contribution in [0.1, 0.15) is 26.2 Å². The largest absolute Gasteiger partial charge is 0.480 e. The average Bonchev–Trinajstić information content (AvgIpc) is 2.56. The van der Waals surface area contributed by atoms with Crippen LogP contribution in [0.3, 0.4) is 0 Å². The summed E-state index contributed by atoms with van der Waals surface area (Å²) in [4.78, 5) is 23.6. The summed E-state index contributed by atoms with van der Waals surface area (Å²) in [5.74, 6) is -2.85. The van der Waals surface area contributed by atoms with E-state index in [1.807, 2.05) is 6.92 Å². The third kappa shape index (κ3) is 4.33. The molecule has 0 aliphatic rings. The van der Waals surface area contributed by atoms with Crippen molar-refractivity contribution >= 4 is 23.3 Å². The Kier molecular flexibility index (Phi) is 6.08. The molecule has 0 saturated carbocycles. The molecule has 2 N–H and O–H groups in total. The summed E-state index contributed by atoms with van der Waals surface area (Å²) in [6.45, 7) is 1.92. The van der Waals surface area contributed by atoms with Gasteiger partial charge in [-0.15, -0.1) is 0 Å². The fraction of sp³-hybridized carbons (Fsp3) is 0.312. The summed E-state index contributed by atoms with van der Waals surface area (Å²) < 4.78 is 27.5. The maximum atomic E-state index is 13.8. The second-order valence-corrected chi connectivity index (χ2v) is 5.74. The van der Waals surface area contributed by atoms with Gasteiger partial charge in [-0.25, -0.2) is 13.6 Å². The fourth-order valence-corrected chi connectivity index (χ4v) is 2.39. The smallest absolute Gasteiger partial charge is 0.326 e. The lowest BCUT2D eigenvalue weighted by atomic mass is 10.1. The van der Waals surface area contributed by atoms with E-state index in [9.17, 15) is 23.5 Å². The number of nitrogens with zero attached hydrogens (tertiary/aromatic N) is 2. The van der Waals surface area contributed by atoms with Gasteiger partial charge in [0.2, 0.25) is 0 Å². The van der Waals surface area contributed by atoms with E-state index in [1.54, 1.807) is 0 Å². The maximum absolute atomic E-state index is 13.8. The Bertz CT molecular complexity index is 842. The standard InChI is InChI=1S/C16H16ClF2N3O3/c1-2-3-4-11(16(24)25)21-12-8-20-22(15(23)14(12)17)13-6-5-9(18)7-10(13)19/h5-8,11,21H,2-4H2,1H3,(H,24,25). The quantitative estimate of drug-likeness (QED) is 0.780. The molecule has 0 bridgehead atoms. The van der Waals surface area contributed by atoms with E-state index in [-0.39, 0.29) is 16.4 Å². The topological polar surface area (TPSA) is 84.2 Å². The van der Waals surface area contributed by atoms with Crippen LogP contribution in [-0.4, -0.2) is 26.9 Å². The van der Waals surface area contributed by atoms with Crippen molar-refractivity contribution in [2.24, 2.45) is 0 Å². The number of rotatable bonds is 7. The normalized spacial score (nSPS) is 12.0. The highest BCUT2D eigenvalue weighted by Crippen LogP contribution is 2.20. The predicted molar refractivity (Wildman–Crippen MR) is 89.3 cm³/mol. The first-order valence-corrected chi connectivity index (χ1v) is 7.95.